The molecule has 0 spiro atoms. The maximum absolute atomic E-state index is 13.2. The van der Waals surface area contributed by atoms with Gasteiger partial charge >= 0.3 is 0 Å². The third kappa shape index (κ3) is 7.14. The number of hydrogen-bond donors (Lipinski definition) is 4. The number of benzene rings is 2. The van der Waals surface area contributed by atoms with Gasteiger partial charge in [0, 0.05) is 12.3 Å². The molecule has 0 aliphatic carbocycles. The lowest BCUT2D eigenvalue weighted by molar-refractivity contribution is -0.117. The van der Waals surface area contributed by atoms with Gasteiger partial charge in [0.25, 0.3) is 0 Å². The van der Waals surface area contributed by atoms with Crippen molar-refractivity contribution in [3.63, 3.8) is 0 Å². The molecule has 0 fully saturated rings. The average molecular weight is 501 g/mol. The summed E-state index contributed by atoms with van der Waals surface area (Å²) in [6.07, 6.45) is 3.20. The van der Waals surface area contributed by atoms with Crippen molar-refractivity contribution in [3.8, 4) is 0 Å². The number of aliphatic hydroxyl groups excluding tert-OH is 3. The van der Waals surface area contributed by atoms with Crippen molar-refractivity contribution in [3.05, 3.63) is 87.6 Å². The molecule has 2 rings (SSSR count). The Kier molecular flexibility index (Phi) is 10.5. The Bertz CT molecular complexity index is 1060. The summed E-state index contributed by atoms with van der Waals surface area (Å²) < 4.78 is 13.2. The van der Waals surface area contributed by atoms with E-state index in [-0.39, 0.29) is 5.82 Å². The van der Waals surface area contributed by atoms with E-state index in [1.165, 1.54) is 12.1 Å². The van der Waals surface area contributed by atoms with Crippen LogP contribution in [0.25, 0.3) is 5.57 Å². The summed E-state index contributed by atoms with van der Waals surface area (Å²) in [6.45, 7) is 8.72. The first-order valence-corrected chi connectivity index (χ1v) is 12.2. The molecule has 2 aromatic rings. The van der Waals surface area contributed by atoms with E-state index in [9.17, 15) is 24.5 Å². The van der Waals surface area contributed by atoms with Crippen molar-refractivity contribution in [2.75, 3.05) is 6.61 Å². The largest absolute Gasteiger partial charge is 0.394 e. The van der Waals surface area contributed by atoms with E-state index < -0.39 is 36.1 Å². The molecule has 4 nitrogen and oxygen atoms in total. The van der Waals surface area contributed by atoms with Crippen molar-refractivity contribution in [1.29, 1.82) is 0 Å². The third-order valence-electron chi connectivity index (χ3n) is 7.20. The second-order valence-corrected chi connectivity index (χ2v) is 10.2. The Hall–Kier alpha value is -2.25. The first kappa shape index (κ1) is 29.0. The molecule has 0 aromatic heterocycles. The number of hydrogen-bond acceptors (Lipinski definition) is 5. The Labute approximate surface area is 213 Å². The van der Waals surface area contributed by atoms with Gasteiger partial charge in [0.05, 0.1) is 24.2 Å². The van der Waals surface area contributed by atoms with E-state index in [0.717, 1.165) is 39.0 Å². The standard InChI is InChI=1S/C29H37FO4S/c1-18(22-8-11-25(30)12-9-22)7-13-26(35)15-23-14-24(10-6-19(23)2)29(5,17-32)21(4)28(34)20(3)27(33)16-31/h6-14,17,20-21,27-28,31,33-35H,15-16H2,1-5H3/b18-7+,26-13-/t20-,21-,27-,28+,29+/m1/s1. The van der Waals surface area contributed by atoms with Gasteiger partial charge in [0.1, 0.15) is 12.1 Å². The SMILES string of the molecule is C/C(=C\C=C(/S)Cc1cc([C@@](C)(C=O)[C@H](C)[C@@H](O)[C@H](C)[C@H](O)CO)ccc1C)c1ccc(F)cc1. The number of aldehydes is 1. The van der Waals surface area contributed by atoms with Crippen LogP contribution in [-0.4, -0.2) is 40.4 Å². The minimum Gasteiger partial charge on any atom is -0.394 e. The average Bonchev–Trinajstić information content (AvgIpc) is 2.86. The molecule has 190 valence electrons. The highest BCUT2D eigenvalue weighted by atomic mass is 32.1. The number of thiol groups is 1. The summed E-state index contributed by atoms with van der Waals surface area (Å²) >= 11 is 4.65. The summed E-state index contributed by atoms with van der Waals surface area (Å²) in [6, 6.07) is 12.2. The van der Waals surface area contributed by atoms with Crippen molar-refractivity contribution in [2.45, 2.75) is 58.7 Å². The zero-order valence-electron chi connectivity index (χ0n) is 21.1. The molecule has 0 radical (unpaired) electrons. The van der Waals surface area contributed by atoms with Gasteiger partial charge in [0.15, 0.2) is 0 Å². The van der Waals surface area contributed by atoms with Gasteiger partial charge in [-0.15, -0.1) is 12.6 Å². The van der Waals surface area contributed by atoms with Crippen molar-refractivity contribution in [2.24, 2.45) is 11.8 Å². The van der Waals surface area contributed by atoms with Crippen molar-refractivity contribution in [1.82, 2.24) is 0 Å². The normalized spacial score (nSPS) is 17.9. The van der Waals surface area contributed by atoms with Crippen LogP contribution in [0.2, 0.25) is 0 Å². The minimum absolute atomic E-state index is 0.273. The summed E-state index contributed by atoms with van der Waals surface area (Å²) in [5, 5.41) is 30.1. The monoisotopic (exact) mass is 500 g/mol. The van der Waals surface area contributed by atoms with Crippen LogP contribution in [0.3, 0.4) is 0 Å². The lowest BCUT2D eigenvalue weighted by Gasteiger charge is -2.38. The van der Waals surface area contributed by atoms with Crippen LogP contribution in [0.1, 0.15) is 49.9 Å². The van der Waals surface area contributed by atoms with Crippen LogP contribution < -0.4 is 0 Å². The number of aliphatic hydroxyl groups is 3. The fraction of sp³-hybridized carbons (Fsp3) is 0.414. The Morgan fingerprint density at radius 3 is 2.31 bits per heavy atom. The summed E-state index contributed by atoms with van der Waals surface area (Å²) in [5.41, 5.74) is 3.75. The van der Waals surface area contributed by atoms with Gasteiger partial charge in [-0.25, -0.2) is 4.39 Å². The molecule has 0 aliphatic rings. The summed E-state index contributed by atoms with van der Waals surface area (Å²) in [7, 11) is 0. The molecule has 0 bridgehead atoms. The van der Waals surface area contributed by atoms with Gasteiger partial charge in [-0.05, 0) is 71.6 Å². The second kappa shape index (κ2) is 12.6. The van der Waals surface area contributed by atoms with E-state index in [1.807, 2.05) is 44.2 Å². The number of carbonyl (C=O) groups excluding carboxylic acids is 1. The molecule has 0 aliphatic heterocycles. The molecule has 6 heteroatoms. The van der Waals surface area contributed by atoms with Crippen molar-refractivity contribution >= 4 is 24.5 Å². The van der Waals surface area contributed by atoms with Gasteiger partial charge in [-0.1, -0.05) is 56.3 Å². The first-order valence-electron chi connectivity index (χ1n) is 11.8. The van der Waals surface area contributed by atoms with Gasteiger partial charge in [-0.2, -0.15) is 0 Å². The van der Waals surface area contributed by atoms with Crippen LogP contribution in [0, 0.1) is 24.6 Å². The quantitative estimate of drug-likeness (QED) is 0.198. The van der Waals surface area contributed by atoms with Crippen LogP contribution in [-0.2, 0) is 16.6 Å². The fourth-order valence-electron chi connectivity index (χ4n) is 4.12. The summed E-state index contributed by atoms with van der Waals surface area (Å²) in [4.78, 5) is 13.1. The second-order valence-electron chi connectivity index (χ2n) is 9.62. The molecule has 0 saturated heterocycles. The predicted molar refractivity (Wildman–Crippen MR) is 143 cm³/mol. The number of halogens is 1. The zero-order valence-corrected chi connectivity index (χ0v) is 22.0. The van der Waals surface area contributed by atoms with E-state index in [1.54, 1.807) is 32.9 Å². The van der Waals surface area contributed by atoms with Crippen LogP contribution in [0.5, 0.6) is 0 Å². The van der Waals surface area contributed by atoms with Gasteiger partial charge in [-0.3, -0.25) is 0 Å². The predicted octanol–water partition coefficient (Wildman–Crippen LogP) is 5.04. The molecule has 3 N–H and O–H groups in total. The molecule has 35 heavy (non-hydrogen) atoms. The van der Waals surface area contributed by atoms with Gasteiger partial charge < -0.3 is 20.1 Å². The van der Waals surface area contributed by atoms with E-state index in [4.69, 9.17) is 0 Å². The van der Waals surface area contributed by atoms with E-state index in [2.05, 4.69) is 12.6 Å². The zero-order chi connectivity index (χ0) is 26.3. The first-order chi connectivity index (χ1) is 16.4. The third-order valence-corrected chi connectivity index (χ3v) is 7.51. The Balaban J connectivity index is 2.30. The van der Waals surface area contributed by atoms with Crippen LogP contribution in [0.4, 0.5) is 4.39 Å². The number of carbonyl (C=O) groups is 1. The van der Waals surface area contributed by atoms with E-state index in [0.29, 0.717) is 6.42 Å². The highest BCUT2D eigenvalue weighted by Crippen LogP contribution is 2.36. The number of allylic oxidation sites excluding steroid dienone is 4. The maximum Gasteiger partial charge on any atom is 0.130 e. The molecule has 0 amide bonds. The summed E-state index contributed by atoms with van der Waals surface area (Å²) in [5.74, 6) is -1.37. The molecular weight excluding hydrogens is 463 g/mol. The molecule has 5 atom stereocenters. The van der Waals surface area contributed by atoms with E-state index >= 15 is 0 Å². The lowest BCUT2D eigenvalue weighted by Crippen LogP contribution is -2.45. The minimum atomic E-state index is -1.07. The lowest BCUT2D eigenvalue weighted by atomic mass is 9.68. The number of aryl methyl sites for hydroxylation is 1. The van der Waals surface area contributed by atoms with Gasteiger partial charge in [0.2, 0.25) is 0 Å². The number of rotatable bonds is 11. The highest BCUT2D eigenvalue weighted by Gasteiger charge is 2.40. The molecule has 0 unspecified atom stereocenters. The Morgan fingerprint density at radius 2 is 1.74 bits per heavy atom. The fourth-order valence-corrected chi connectivity index (χ4v) is 4.37. The molecule has 0 saturated carbocycles. The maximum atomic E-state index is 13.2. The molecule has 0 heterocycles. The highest BCUT2D eigenvalue weighted by molar-refractivity contribution is 7.84. The van der Waals surface area contributed by atoms with Crippen LogP contribution >= 0.6 is 12.6 Å². The topological polar surface area (TPSA) is 77.8 Å². The Morgan fingerprint density at radius 1 is 1.11 bits per heavy atom. The molecular formula is C29H37FO4S. The molecule has 2 aromatic carbocycles. The van der Waals surface area contributed by atoms with Crippen molar-refractivity contribution < 1.29 is 24.5 Å². The van der Waals surface area contributed by atoms with Crippen LogP contribution in [0.15, 0.2) is 59.5 Å². The smallest absolute Gasteiger partial charge is 0.130 e.